The highest BCUT2D eigenvalue weighted by Gasteiger charge is 2.24. The molecule has 1 aliphatic rings. The van der Waals surface area contributed by atoms with Gasteiger partial charge in [0.25, 0.3) is 0 Å². The number of fused-ring (bicyclic) bond motifs is 1. The fourth-order valence-electron chi connectivity index (χ4n) is 2.65. The van der Waals surface area contributed by atoms with Crippen LogP contribution in [0.2, 0.25) is 0 Å². The number of phenolic OH excluding ortho intramolecular Hbond substituents is 2. The summed E-state index contributed by atoms with van der Waals surface area (Å²) in [7, 11) is 0. The number of hydrogen-bond acceptors (Lipinski definition) is 4. The molecule has 100 valence electrons. The van der Waals surface area contributed by atoms with Gasteiger partial charge in [-0.2, -0.15) is 10.5 Å². The number of hydrogen-bond donors (Lipinski definition) is 2. The average Bonchev–Trinajstić information content (AvgIpc) is 2.93. The summed E-state index contributed by atoms with van der Waals surface area (Å²) in [6.07, 6.45) is 2.64. The van der Waals surface area contributed by atoms with Crippen molar-refractivity contribution in [2.45, 2.75) is 6.42 Å². The van der Waals surface area contributed by atoms with Crippen molar-refractivity contribution in [3.05, 3.63) is 64.2 Å². The Morgan fingerprint density at radius 3 is 2.52 bits per heavy atom. The van der Waals surface area contributed by atoms with Gasteiger partial charge in [0, 0.05) is 11.6 Å². The van der Waals surface area contributed by atoms with Crippen LogP contribution in [0.25, 0.3) is 5.57 Å². The molecule has 2 N–H and O–H groups in total. The van der Waals surface area contributed by atoms with Crippen molar-refractivity contribution in [3.8, 4) is 23.6 Å². The lowest BCUT2D eigenvalue weighted by Gasteiger charge is -2.12. The average molecular weight is 274 g/mol. The minimum absolute atomic E-state index is 0.0745. The van der Waals surface area contributed by atoms with Crippen molar-refractivity contribution in [2.24, 2.45) is 0 Å². The van der Waals surface area contributed by atoms with Crippen molar-refractivity contribution in [1.82, 2.24) is 0 Å². The van der Waals surface area contributed by atoms with E-state index in [4.69, 9.17) is 0 Å². The minimum atomic E-state index is -0.489. The quantitative estimate of drug-likeness (QED) is 0.783. The molecule has 4 nitrogen and oxygen atoms in total. The maximum Gasteiger partial charge on any atom is 0.176 e. The zero-order valence-electron chi connectivity index (χ0n) is 11.0. The lowest BCUT2D eigenvalue weighted by atomic mass is 9.91. The Labute approximate surface area is 121 Å². The number of benzene rings is 2. The molecule has 0 spiro atoms. The van der Waals surface area contributed by atoms with Gasteiger partial charge in [0.15, 0.2) is 11.5 Å². The highest BCUT2D eigenvalue weighted by atomic mass is 16.3. The van der Waals surface area contributed by atoms with E-state index in [0.29, 0.717) is 12.0 Å². The predicted octanol–water partition coefficient (Wildman–Crippen LogP) is 2.83. The molecule has 2 aromatic carbocycles. The van der Waals surface area contributed by atoms with Gasteiger partial charge in [0.2, 0.25) is 0 Å². The zero-order valence-corrected chi connectivity index (χ0v) is 11.0. The summed E-state index contributed by atoms with van der Waals surface area (Å²) >= 11 is 0. The van der Waals surface area contributed by atoms with Gasteiger partial charge >= 0.3 is 0 Å². The summed E-state index contributed by atoms with van der Waals surface area (Å²) in [4.78, 5) is 0. The van der Waals surface area contributed by atoms with E-state index in [1.807, 2.05) is 42.5 Å². The lowest BCUT2D eigenvalue weighted by molar-refractivity contribution is 0.402. The molecule has 0 radical (unpaired) electrons. The van der Waals surface area contributed by atoms with Crippen LogP contribution in [0.15, 0.2) is 36.4 Å². The standard InChI is InChI=1S/C17H10N2O2/c18-8-11-7-15(20)17(21)14(9-19)16(11)13-6-5-10-3-1-2-4-12(10)13/h1-4,6-7,20-21H,5H2. The first-order valence-corrected chi connectivity index (χ1v) is 6.35. The molecule has 3 rings (SSSR count). The maximum atomic E-state index is 9.90. The first-order chi connectivity index (χ1) is 10.2. The van der Waals surface area contributed by atoms with Crippen LogP contribution < -0.4 is 0 Å². The Bertz CT molecular complexity index is 868. The van der Waals surface area contributed by atoms with E-state index < -0.39 is 11.5 Å². The van der Waals surface area contributed by atoms with Gasteiger partial charge < -0.3 is 10.2 Å². The SMILES string of the molecule is N#Cc1cc(O)c(O)c(C#N)c1C1=CCc2ccccc21. The maximum absolute atomic E-state index is 9.90. The molecule has 0 heterocycles. The molecule has 0 bridgehead atoms. The Kier molecular flexibility index (Phi) is 2.86. The number of nitriles is 2. The van der Waals surface area contributed by atoms with Crippen LogP contribution in [0.4, 0.5) is 0 Å². The number of rotatable bonds is 1. The highest BCUT2D eigenvalue weighted by Crippen LogP contribution is 2.41. The lowest BCUT2D eigenvalue weighted by Crippen LogP contribution is -1.96. The van der Waals surface area contributed by atoms with Crippen LogP contribution in [0.3, 0.4) is 0 Å². The second kappa shape index (κ2) is 4.70. The van der Waals surface area contributed by atoms with Crippen LogP contribution in [0, 0.1) is 22.7 Å². The van der Waals surface area contributed by atoms with Crippen molar-refractivity contribution in [1.29, 1.82) is 10.5 Å². The molecule has 0 amide bonds. The number of phenols is 2. The van der Waals surface area contributed by atoms with Gasteiger partial charge in [-0.3, -0.25) is 0 Å². The Hall–Kier alpha value is -3.24. The molecule has 0 saturated carbocycles. The van der Waals surface area contributed by atoms with Gasteiger partial charge in [0.1, 0.15) is 11.6 Å². The normalized spacial score (nSPS) is 12.2. The molecule has 0 saturated heterocycles. The molecule has 1 aliphatic carbocycles. The highest BCUT2D eigenvalue weighted by molar-refractivity contribution is 5.90. The third-order valence-corrected chi connectivity index (χ3v) is 3.62. The Morgan fingerprint density at radius 2 is 1.81 bits per heavy atom. The van der Waals surface area contributed by atoms with E-state index in [9.17, 15) is 20.7 Å². The van der Waals surface area contributed by atoms with Crippen molar-refractivity contribution < 1.29 is 10.2 Å². The topological polar surface area (TPSA) is 88.0 Å². The fraction of sp³-hybridized carbons (Fsp3) is 0.0588. The van der Waals surface area contributed by atoms with E-state index in [2.05, 4.69) is 0 Å². The van der Waals surface area contributed by atoms with Crippen LogP contribution in [0.1, 0.15) is 27.8 Å². The number of aromatic hydroxyl groups is 2. The van der Waals surface area contributed by atoms with Crippen LogP contribution in [-0.2, 0) is 6.42 Å². The molecule has 0 aromatic heterocycles. The predicted molar refractivity (Wildman–Crippen MR) is 76.4 cm³/mol. The summed E-state index contributed by atoms with van der Waals surface area (Å²) in [5.41, 5.74) is 3.26. The molecule has 21 heavy (non-hydrogen) atoms. The molecule has 2 aromatic rings. The molecule has 0 unspecified atom stereocenters. The third kappa shape index (κ3) is 1.82. The summed E-state index contributed by atoms with van der Waals surface area (Å²) in [6.45, 7) is 0. The van der Waals surface area contributed by atoms with Gasteiger partial charge in [-0.1, -0.05) is 30.3 Å². The van der Waals surface area contributed by atoms with Crippen LogP contribution in [-0.4, -0.2) is 10.2 Å². The van der Waals surface area contributed by atoms with Gasteiger partial charge in [-0.25, -0.2) is 0 Å². The van der Waals surface area contributed by atoms with E-state index in [-0.39, 0.29) is 11.1 Å². The summed E-state index contributed by atoms with van der Waals surface area (Å²) in [6, 6.07) is 12.8. The van der Waals surface area contributed by atoms with Crippen LogP contribution >= 0.6 is 0 Å². The van der Waals surface area contributed by atoms with Crippen molar-refractivity contribution in [3.63, 3.8) is 0 Å². The van der Waals surface area contributed by atoms with Crippen molar-refractivity contribution in [2.75, 3.05) is 0 Å². The second-order valence-electron chi connectivity index (χ2n) is 4.74. The molecule has 4 heteroatoms. The van der Waals surface area contributed by atoms with Crippen LogP contribution in [0.5, 0.6) is 11.5 Å². The second-order valence-corrected chi connectivity index (χ2v) is 4.74. The summed E-state index contributed by atoms with van der Waals surface area (Å²) in [5.74, 6) is -0.949. The first kappa shape index (κ1) is 12.8. The summed E-state index contributed by atoms with van der Waals surface area (Å²) < 4.78 is 0. The van der Waals surface area contributed by atoms with E-state index in [0.717, 1.165) is 16.7 Å². The smallest absolute Gasteiger partial charge is 0.176 e. The monoisotopic (exact) mass is 274 g/mol. The Morgan fingerprint density at radius 1 is 1.05 bits per heavy atom. The minimum Gasteiger partial charge on any atom is -0.504 e. The Balaban J connectivity index is 2.33. The molecule has 0 fully saturated rings. The van der Waals surface area contributed by atoms with Gasteiger partial charge in [-0.05, 0) is 23.1 Å². The zero-order chi connectivity index (χ0) is 15.0. The molecular formula is C17H10N2O2. The van der Waals surface area contributed by atoms with Crippen molar-refractivity contribution >= 4 is 5.57 Å². The van der Waals surface area contributed by atoms with Gasteiger partial charge in [-0.15, -0.1) is 0 Å². The number of nitrogens with zero attached hydrogens (tertiary/aromatic N) is 2. The first-order valence-electron chi connectivity index (χ1n) is 6.35. The van der Waals surface area contributed by atoms with E-state index in [1.165, 1.54) is 6.07 Å². The fourth-order valence-corrected chi connectivity index (χ4v) is 2.65. The van der Waals surface area contributed by atoms with E-state index >= 15 is 0 Å². The molecule has 0 aliphatic heterocycles. The molecule has 0 atom stereocenters. The van der Waals surface area contributed by atoms with Gasteiger partial charge in [0.05, 0.1) is 11.6 Å². The summed E-state index contributed by atoms with van der Waals surface area (Å²) in [5, 5.41) is 38.1. The molecular weight excluding hydrogens is 264 g/mol. The third-order valence-electron chi connectivity index (χ3n) is 3.62. The number of allylic oxidation sites excluding steroid dienone is 1. The largest absolute Gasteiger partial charge is 0.504 e. The van der Waals surface area contributed by atoms with E-state index in [1.54, 1.807) is 0 Å².